The Kier molecular flexibility index (Phi) is 3.07. The van der Waals surface area contributed by atoms with E-state index in [4.69, 9.17) is 11.6 Å². The molecule has 1 fully saturated rings. The Morgan fingerprint density at radius 3 is 2.58 bits per heavy atom. The lowest BCUT2D eigenvalue weighted by atomic mass is 9.95. The highest BCUT2D eigenvalue weighted by Gasteiger charge is 2.50. The van der Waals surface area contributed by atoms with Crippen molar-refractivity contribution < 1.29 is 4.79 Å². The Morgan fingerprint density at radius 2 is 2.00 bits per heavy atom. The highest BCUT2D eigenvalue weighted by molar-refractivity contribution is 6.30. The minimum atomic E-state index is -0.336. The van der Waals surface area contributed by atoms with Crippen molar-refractivity contribution in [2.75, 3.05) is 0 Å². The van der Waals surface area contributed by atoms with Gasteiger partial charge in [0.1, 0.15) is 0 Å². The summed E-state index contributed by atoms with van der Waals surface area (Å²) in [4.78, 5) is 15.4. The fourth-order valence-corrected chi connectivity index (χ4v) is 2.49. The first-order valence-electron chi connectivity index (χ1n) is 6.37. The van der Waals surface area contributed by atoms with Gasteiger partial charge in [-0.3, -0.25) is 4.79 Å². The van der Waals surface area contributed by atoms with Crippen LogP contribution in [-0.2, 0) is 16.8 Å². The fourth-order valence-electron chi connectivity index (χ4n) is 2.36. The molecular weight excluding hydrogens is 260 g/mol. The number of amides is 1. The number of H-pyrrole nitrogens is 1. The standard InChI is InChI=1S/C15H15ClN2O/c16-12-5-3-11(4-6-12)15(7-8-15)14(19)18-10-13-2-1-9-17-13/h1-6,9,17H,7-8,10H2,(H,18,19). The van der Waals surface area contributed by atoms with E-state index in [0.717, 1.165) is 24.1 Å². The second-order valence-corrected chi connectivity index (χ2v) is 5.40. The van der Waals surface area contributed by atoms with Crippen LogP contribution in [-0.4, -0.2) is 10.9 Å². The first kappa shape index (κ1) is 12.3. The minimum Gasteiger partial charge on any atom is -0.364 e. The number of aromatic nitrogens is 1. The van der Waals surface area contributed by atoms with Crippen molar-refractivity contribution in [1.29, 1.82) is 0 Å². The van der Waals surface area contributed by atoms with Gasteiger partial charge in [0.25, 0.3) is 0 Å². The normalized spacial score (nSPS) is 16.1. The third kappa shape index (κ3) is 2.38. The Labute approximate surface area is 117 Å². The van der Waals surface area contributed by atoms with Crippen molar-refractivity contribution in [3.05, 3.63) is 58.9 Å². The molecule has 1 aromatic carbocycles. The van der Waals surface area contributed by atoms with Gasteiger partial charge in [-0.1, -0.05) is 23.7 Å². The molecule has 0 spiro atoms. The Morgan fingerprint density at radius 1 is 1.26 bits per heavy atom. The highest BCUT2D eigenvalue weighted by Crippen LogP contribution is 2.48. The molecule has 1 aliphatic carbocycles. The number of halogens is 1. The number of benzene rings is 1. The average molecular weight is 275 g/mol. The second-order valence-electron chi connectivity index (χ2n) is 4.97. The highest BCUT2D eigenvalue weighted by atomic mass is 35.5. The van der Waals surface area contributed by atoms with Gasteiger partial charge in [-0.15, -0.1) is 0 Å². The van der Waals surface area contributed by atoms with E-state index in [1.165, 1.54) is 0 Å². The molecule has 0 radical (unpaired) electrons. The number of hydrogen-bond donors (Lipinski definition) is 2. The molecule has 0 bridgehead atoms. The largest absolute Gasteiger partial charge is 0.364 e. The van der Waals surface area contributed by atoms with Gasteiger partial charge in [-0.2, -0.15) is 0 Å². The third-order valence-corrected chi connectivity index (χ3v) is 3.94. The van der Waals surface area contributed by atoms with Crippen LogP contribution in [0.2, 0.25) is 5.02 Å². The number of rotatable bonds is 4. The summed E-state index contributed by atoms with van der Waals surface area (Å²) in [7, 11) is 0. The quantitative estimate of drug-likeness (QED) is 0.884. The van der Waals surface area contributed by atoms with E-state index in [0.29, 0.717) is 11.6 Å². The molecule has 0 aliphatic heterocycles. The molecule has 3 rings (SSSR count). The van der Waals surface area contributed by atoms with Gasteiger partial charge in [0.05, 0.1) is 12.0 Å². The number of aromatic amines is 1. The molecule has 1 saturated carbocycles. The van der Waals surface area contributed by atoms with E-state index < -0.39 is 0 Å². The van der Waals surface area contributed by atoms with E-state index in [-0.39, 0.29) is 11.3 Å². The van der Waals surface area contributed by atoms with E-state index in [1.807, 2.05) is 42.6 Å². The van der Waals surface area contributed by atoms with Crippen molar-refractivity contribution in [3.63, 3.8) is 0 Å². The molecule has 1 heterocycles. The van der Waals surface area contributed by atoms with Crippen LogP contribution in [0.15, 0.2) is 42.6 Å². The summed E-state index contributed by atoms with van der Waals surface area (Å²) in [5.74, 6) is 0.101. The molecule has 2 N–H and O–H groups in total. The van der Waals surface area contributed by atoms with Gasteiger partial charge in [0.2, 0.25) is 5.91 Å². The molecule has 0 unspecified atom stereocenters. The van der Waals surface area contributed by atoms with Crippen LogP contribution < -0.4 is 5.32 Å². The average Bonchev–Trinajstić information content (AvgIpc) is 3.07. The lowest BCUT2D eigenvalue weighted by Gasteiger charge is -2.15. The predicted molar refractivity (Wildman–Crippen MR) is 75.0 cm³/mol. The zero-order chi connectivity index (χ0) is 13.3. The summed E-state index contributed by atoms with van der Waals surface area (Å²) in [6, 6.07) is 11.5. The van der Waals surface area contributed by atoms with Gasteiger partial charge in [-0.25, -0.2) is 0 Å². The summed E-state index contributed by atoms with van der Waals surface area (Å²) < 4.78 is 0. The zero-order valence-corrected chi connectivity index (χ0v) is 11.2. The summed E-state index contributed by atoms with van der Waals surface area (Å²) in [6.45, 7) is 0.543. The van der Waals surface area contributed by atoms with Gasteiger partial charge in [-0.05, 0) is 42.7 Å². The first-order chi connectivity index (χ1) is 9.21. The molecule has 2 aromatic rings. The fraction of sp³-hybridized carbons (Fsp3) is 0.267. The van der Waals surface area contributed by atoms with Crippen LogP contribution in [0.1, 0.15) is 24.1 Å². The van der Waals surface area contributed by atoms with Crippen molar-refractivity contribution in [2.24, 2.45) is 0 Å². The van der Waals surface area contributed by atoms with Crippen LogP contribution in [0.4, 0.5) is 0 Å². The monoisotopic (exact) mass is 274 g/mol. The molecular formula is C15H15ClN2O. The maximum atomic E-state index is 12.3. The van der Waals surface area contributed by atoms with Crippen molar-refractivity contribution in [2.45, 2.75) is 24.8 Å². The molecule has 1 amide bonds. The zero-order valence-electron chi connectivity index (χ0n) is 10.4. The molecule has 4 heteroatoms. The predicted octanol–water partition coefficient (Wildman–Crippen LogP) is 3.02. The van der Waals surface area contributed by atoms with Crippen LogP contribution in [0.5, 0.6) is 0 Å². The molecule has 0 saturated heterocycles. The maximum Gasteiger partial charge on any atom is 0.230 e. The molecule has 1 aromatic heterocycles. The topological polar surface area (TPSA) is 44.9 Å². The lowest BCUT2D eigenvalue weighted by molar-refractivity contribution is -0.123. The van der Waals surface area contributed by atoms with Crippen LogP contribution in [0.3, 0.4) is 0 Å². The van der Waals surface area contributed by atoms with Crippen LogP contribution >= 0.6 is 11.6 Å². The first-order valence-corrected chi connectivity index (χ1v) is 6.75. The number of nitrogens with one attached hydrogen (secondary N) is 2. The number of hydrogen-bond acceptors (Lipinski definition) is 1. The van der Waals surface area contributed by atoms with Crippen molar-refractivity contribution in [3.8, 4) is 0 Å². The second kappa shape index (κ2) is 4.74. The Hall–Kier alpha value is -1.74. The smallest absolute Gasteiger partial charge is 0.230 e. The van der Waals surface area contributed by atoms with Gasteiger partial charge in [0.15, 0.2) is 0 Å². The summed E-state index contributed by atoms with van der Waals surface area (Å²) in [5.41, 5.74) is 1.73. The summed E-state index contributed by atoms with van der Waals surface area (Å²) in [6.07, 6.45) is 3.67. The summed E-state index contributed by atoms with van der Waals surface area (Å²) >= 11 is 5.89. The summed E-state index contributed by atoms with van der Waals surface area (Å²) in [5, 5.41) is 3.70. The van der Waals surface area contributed by atoms with Crippen molar-refractivity contribution in [1.82, 2.24) is 10.3 Å². The van der Waals surface area contributed by atoms with Gasteiger partial charge in [0, 0.05) is 16.9 Å². The van der Waals surface area contributed by atoms with E-state index >= 15 is 0 Å². The van der Waals surface area contributed by atoms with Crippen LogP contribution in [0.25, 0.3) is 0 Å². The number of carbonyl (C=O) groups excluding carboxylic acids is 1. The van der Waals surface area contributed by atoms with Crippen molar-refractivity contribution >= 4 is 17.5 Å². The molecule has 1 aliphatic rings. The Bertz CT molecular complexity index is 571. The van der Waals surface area contributed by atoms with E-state index in [1.54, 1.807) is 0 Å². The van der Waals surface area contributed by atoms with Gasteiger partial charge >= 0.3 is 0 Å². The third-order valence-electron chi connectivity index (χ3n) is 3.68. The van der Waals surface area contributed by atoms with E-state index in [9.17, 15) is 4.79 Å². The minimum absolute atomic E-state index is 0.101. The van der Waals surface area contributed by atoms with E-state index in [2.05, 4.69) is 10.3 Å². The van der Waals surface area contributed by atoms with Gasteiger partial charge < -0.3 is 10.3 Å². The molecule has 3 nitrogen and oxygen atoms in total. The molecule has 19 heavy (non-hydrogen) atoms. The molecule has 0 atom stereocenters. The van der Waals surface area contributed by atoms with Crippen LogP contribution in [0, 0.1) is 0 Å². The lowest BCUT2D eigenvalue weighted by Crippen LogP contribution is -2.34. The molecule has 98 valence electrons. The Balaban J connectivity index is 1.70. The maximum absolute atomic E-state index is 12.3. The SMILES string of the molecule is O=C(NCc1ccc[nH]1)C1(c2ccc(Cl)cc2)CC1. The number of carbonyl (C=O) groups is 1.